The lowest BCUT2D eigenvalue weighted by Gasteiger charge is -2.33. The summed E-state index contributed by atoms with van der Waals surface area (Å²) in [5.41, 5.74) is -0.655. The van der Waals surface area contributed by atoms with E-state index in [0.717, 1.165) is 0 Å². The molecule has 4 heteroatoms. The lowest BCUT2D eigenvalue weighted by atomic mass is 9.79. The molecule has 0 aromatic heterocycles. The average molecular weight is 250 g/mol. The van der Waals surface area contributed by atoms with E-state index in [1.165, 1.54) is 13.8 Å². The number of carbonyl (C=O) groups excluding carboxylic acids is 2. The number of rotatable bonds is 4. The number of carbonyl (C=O) groups is 2. The molecule has 98 valence electrons. The summed E-state index contributed by atoms with van der Waals surface area (Å²) in [6.07, 6.45) is 6.43. The maximum Gasteiger partial charge on any atom is 0.307 e. The summed E-state index contributed by atoms with van der Waals surface area (Å²) < 4.78 is 10.4. The van der Waals surface area contributed by atoms with Crippen LogP contribution in [0, 0.1) is 5.41 Å². The van der Waals surface area contributed by atoms with Crippen molar-refractivity contribution in [2.75, 3.05) is 0 Å². The average Bonchev–Trinajstić information content (AvgIpc) is 2.23. The van der Waals surface area contributed by atoms with Crippen LogP contribution >= 0.6 is 0 Å². The molecule has 0 saturated carbocycles. The van der Waals surface area contributed by atoms with E-state index in [4.69, 9.17) is 9.47 Å². The van der Waals surface area contributed by atoms with Gasteiger partial charge in [0.1, 0.15) is 11.5 Å². The predicted octanol–water partition coefficient (Wildman–Crippen LogP) is 2.87. The van der Waals surface area contributed by atoms with Gasteiger partial charge >= 0.3 is 11.9 Å². The standard InChI is InChI=1S/C14H18O4/c1-5-9-14(4)12(17-10(2)15)7-6-8-13(14)18-11(3)16/h5,7-8H,1,6,9H2,2-4H3. The highest BCUT2D eigenvalue weighted by atomic mass is 16.6. The van der Waals surface area contributed by atoms with Gasteiger partial charge in [0, 0.05) is 13.8 Å². The van der Waals surface area contributed by atoms with Crippen LogP contribution in [0.3, 0.4) is 0 Å². The summed E-state index contributed by atoms with van der Waals surface area (Å²) in [5.74, 6) is 0.239. The topological polar surface area (TPSA) is 52.6 Å². The molecule has 0 aromatic rings. The Bertz CT molecular complexity index is 397. The fraction of sp³-hybridized carbons (Fsp3) is 0.429. The van der Waals surface area contributed by atoms with Crippen molar-refractivity contribution in [3.05, 3.63) is 36.3 Å². The summed E-state index contributed by atoms with van der Waals surface area (Å²) in [6.45, 7) is 8.24. The van der Waals surface area contributed by atoms with Crippen molar-refractivity contribution in [3.63, 3.8) is 0 Å². The number of allylic oxidation sites excluding steroid dienone is 3. The molecular weight excluding hydrogens is 232 g/mol. The molecule has 0 heterocycles. The number of hydrogen-bond acceptors (Lipinski definition) is 4. The quantitative estimate of drug-likeness (QED) is 0.568. The van der Waals surface area contributed by atoms with Crippen molar-refractivity contribution in [1.82, 2.24) is 0 Å². The normalized spacial score (nSPS) is 17.3. The largest absolute Gasteiger partial charge is 0.431 e. The molecule has 0 aromatic carbocycles. The Morgan fingerprint density at radius 2 is 1.72 bits per heavy atom. The molecule has 18 heavy (non-hydrogen) atoms. The molecule has 1 aliphatic rings. The zero-order valence-corrected chi connectivity index (χ0v) is 11.0. The van der Waals surface area contributed by atoms with Crippen molar-refractivity contribution in [2.45, 2.75) is 33.6 Å². The first kappa shape index (κ1) is 14.2. The van der Waals surface area contributed by atoms with Gasteiger partial charge in [0.2, 0.25) is 0 Å². The van der Waals surface area contributed by atoms with Crippen molar-refractivity contribution >= 4 is 11.9 Å². The molecule has 1 rings (SSSR count). The molecule has 0 amide bonds. The Morgan fingerprint density at radius 1 is 1.28 bits per heavy atom. The molecule has 0 N–H and O–H groups in total. The van der Waals surface area contributed by atoms with Crippen LogP contribution in [-0.4, -0.2) is 11.9 Å². The van der Waals surface area contributed by atoms with E-state index in [9.17, 15) is 9.59 Å². The van der Waals surface area contributed by atoms with E-state index >= 15 is 0 Å². The predicted molar refractivity (Wildman–Crippen MR) is 67.2 cm³/mol. The molecule has 0 aliphatic heterocycles. The smallest absolute Gasteiger partial charge is 0.307 e. The Hall–Kier alpha value is -1.84. The van der Waals surface area contributed by atoms with Crippen LogP contribution in [0.1, 0.15) is 33.6 Å². The Balaban J connectivity index is 3.06. The van der Waals surface area contributed by atoms with Crippen LogP contribution in [0.2, 0.25) is 0 Å². The first-order valence-electron chi connectivity index (χ1n) is 5.79. The molecule has 0 atom stereocenters. The molecule has 4 nitrogen and oxygen atoms in total. The highest BCUT2D eigenvalue weighted by Crippen LogP contribution is 2.43. The number of ether oxygens (including phenoxy) is 2. The van der Waals surface area contributed by atoms with E-state index in [1.54, 1.807) is 6.08 Å². The third kappa shape index (κ3) is 3.09. The summed E-state index contributed by atoms with van der Waals surface area (Å²) in [4.78, 5) is 22.2. The fourth-order valence-electron chi connectivity index (χ4n) is 1.95. The zero-order chi connectivity index (χ0) is 13.8. The van der Waals surface area contributed by atoms with E-state index in [1.807, 2.05) is 19.1 Å². The molecular formula is C14H18O4. The van der Waals surface area contributed by atoms with Gasteiger partial charge in [0.25, 0.3) is 0 Å². The molecule has 0 bridgehead atoms. The van der Waals surface area contributed by atoms with Crippen LogP contribution in [0.25, 0.3) is 0 Å². The lowest BCUT2D eigenvalue weighted by Crippen LogP contribution is -2.29. The second-order valence-corrected chi connectivity index (χ2v) is 4.38. The Morgan fingerprint density at radius 3 is 2.06 bits per heavy atom. The molecule has 0 radical (unpaired) electrons. The second-order valence-electron chi connectivity index (χ2n) is 4.38. The van der Waals surface area contributed by atoms with E-state index in [2.05, 4.69) is 6.58 Å². The van der Waals surface area contributed by atoms with Crippen LogP contribution < -0.4 is 0 Å². The van der Waals surface area contributed by atoms with E-state index in [-0.39, 0.29) is 11.9 Å². The maximum atomic E-state index is 11.1. The summed E-state index contributed by atoms with van der Waals surface area (Å²) in [7, 11) is 0. The SMILES string of the molecule is C=CCC1(C)C(OC(C)=O)=CCC=C1OC(C)=O. The molecule has 0 saturated heterocycles. The first-order chi connectivity index (χ1) is 8.40. The minimum Gasteiger partial charge on any atom is -0.431 e. The molecule has 0 unspecified atom stereocenters. The van der Waals surface area contributed by atoms with Crippen LogP contribution in [0.5, 0.6) is 0 Å². The summed E-state index contributed by atoms with van der Waals surface area (Å²) >= 11 is 0. The Kier molecular flexibility index (Phi) is 4.48. The Labute approximate surface area is 107 Å². The minimum absolute atomic E-state index is 0.388. The lowest BCUT2D eigenvalue weighted by molar-refractivity contribution is -0.140. The van der Waals surface area contributed by atoms with Crippen LogP contribution in [0.15, 0.2) is 36.3 Å². The summed E-state index contributed by atoms with van der Waals surface area (Å²) in [6, 6.07) is 0. The third-order valence-electron chi connectivity index (χ3n) is 2.75. The third-order valence-corrected chi connectivity index (χ3v) is 2.75. The van der Waals surface area contributed by atoms with Crippen molar-refractivity contribution < 1.29 is 19.1 Å². The van der Waals surface area contributed by atoms with Gasteiger partial charge in [-0.3, -0.25) is 9.59 Å². The molecule has 0 fully saturated rings. The minimum atomic E-state index is -0.655. The van der Waals surface area contributed by atoms with Crippen molar-refractivity contribution in [1.29, 1.82) is 0 Å². The van der Waals surface area contributed by atoms with E-state index in [0.29, 0.717) is 24.4 Å². The zero-order valence-electron chi connectivity index (χ0n) is 11.0. The highest BCUT2D eigenvalue weighted by molar-refractivity contribution is 5.69. The van der Waals surface area contributed by atoms with Gasteiger partial charge in [-0.25, -0.2) is 0 Å². The van der Waals surface area contributed by atoms with Crippen molar-refractivity contribution in [3.8, 4) is 0 Å². The van der Waals surface area contributed by atoms with Gasteiger partial charge in [-0.15, -0.1) is 6.58 Å². The van der Waals surface area contributed by atoms with Gasteiger partial charge in [-0.2, -0.15) is 0 Å². The second kappa shape index (κ2) is 5.67. The highest BCUT2D eigenvalue weighted by Gasteiger charge is 2.38. The maximum absolute atomic E-state index is 11.1. The molecule has 1 aliphatic carbocycles. The van der Waals surface area contributed by atoms with Gasteiger partial charge in [0.05, 0.1) is 5.41 Å². The van der Waals surface area contributed by atoms with Crippen LogP contribution in [0.4, 0.5) is 0 Å². The van der Waals surface area contributed by atoms with Crippen LogP contribution in [-0.2, 0) is 19.1 Å². The molecule has 0 spiro atoms. The fourth-order valence-corrected chi connectivity index (χ4v) is 1.95. The van der Waals surface area contributed by atoms with Gasteiger partial charge < -0.3 is 9.47 Å². The summed E-state index contributed by atoms with van der Waals surface area (Å²) in [5, 5.41) is 0. The van der Waals surface area contributed by atoms with Gasteiger partial charge in [-0.05, 0) is 31.9 Å². The number of hydrogen-bond donors (Lipinski definition) is 0. The van der Waals surface area contributed by atoms with Gasteiger partial charge in [0.15, 0.2) is 0 Å². The van der Waals surface area contributed by atoms with E-state index < -0.39 is 5.41 Å². The number of esters is 2. The van der Waals surface area contributed by atoms with Crippen molar-refractivity contribution in [2.24, 2.45) is 5.41 Å². The first-order valence-corrected chi connectivity index (χ1v) is 5.79. The van der Waals surface area contributed by atoms with Gasteiger partial charge in [-0.1, -0.05) is 6.08 Å². The monoisotopic (exact) mass is 250 g/mol.